The SMILES string of the molecule is Cc1c(Cc2ccc(OC(C)C)cc2F)c(O[C@@H]2OC(CO)[C@@H](O)[C@H](O)[C@H]2O)nn1C(C)C. The van der Waals surface area contributed by atoms with Crippen LogP contribution in [0.3, 0.4) is 0 Å². The summed E-state index contributed by atoms with van der Waals surface area (Å²) in [6.45, 7) is 8.83. The smallest absolute Gasteiger partial charge is 0.239 e. The molecule has 2 aromatic rings. The third-order valence-corrected chi connectivity index (χ3v) is 5.57. The highest BCUT2D eigenvalue weighted by molar-refractivity contribution is 5.39. The van der Waals surface area contributed by atoms with Crippen LogP contribution >= 0.6 is 0 Å². The molecule has 0 saturated carbocycles. The second kappa shape index (κ2) is 10.4. The Labute approximate surface area is 192 Å². The molecule has 0 amide bonds. The molecule has 0 aliphatic carbocycles. The zero-order chi connectivity index (χ0) is 24.4. The van der Waals surface area contributed by atoms with Crippen molar-refractivity contribution >= 4 is 0 Å². The summed E-state index contributed by atoms with van der Waals surface area (Å²) in [7, 11) is 0. The molecule has 0 spiro atoms. The summed E-state index contributed by atoms with van der Waals surface area (Å²) < 4.78 is 33.4. The topological polar surface area (TPSA) is 126 Å². The van der Waals surface area contributed by atoms with Crippen LogP contribution in [0.2, 0.25) is 0 Å². The molecule has 2 heterocycles. The standard InChI is InChI=1S/C23H33FN2O7/c1-11(2)26-13(5)16(8-14-6-7-15(9-17(14)24)31-12(3)4)22(25-26)33-23-21(30)20(29)19(28)18(10-27)32-23/h6-7,9,11-12,18-21,23,27-30H,8,10H2,1-5H3/t18?,19-,20+,21-,23+/m1/s1. The molecule has 1 unspecified atom stereocenters. The molecular weight excluding hydrogens is 435 g/mol. The maximum absolute atomic E-state index is 14.8. The van der Waals surface area contributed by atoms with Gasteiger partial charge in [0.05, 0.1) is 12.7 Å². The highest BCUT2D eigenvalue weighted by Gasteiger charge is 2.45. The molecule has 1 saturated heterocycles. The molecule has 1 aromatic carbocycles. The first-order valence-corrected chi connectivity index (χ1v) is 11.0. The first-order chi connectivity index (χ1) is 15.5. The van der Waals surface area contributed by atoms with Crippen LogP contribution in [0.1, 0.15) is 50.6 Å². The number of aliphatic hydroxyl groups excluding tert-OH is 4. The van der Waals surface area contributed by atoms with E-state index >= 15 is 0 Å². The largest absolute Gasteiger partial charge is 0.491 e. The Morgan fingerprint density at radius 1 is 1.12 bits per heavy atom. The highest BCUT2D eigenvalue weighted by Crippen LogP contribution is 2.31. The summed E-state index contributed by atoms with van der Waals surface area (Å²) in [6.07, 6.45) is -7.09. The minimum atomic E-state index is -1.58. The van der Waals surface area contributed by atoms with E-state index in [4.69, 9.17) is 14.2 Å². The van der Waals surface area contributed by atoms with Gasteiger partial charge >= 0.3 is 0 Å². The molecule has 33 heavy (non-hydrogen) atoms. The normalized spacial score (nSPS) is 25.6. The predicted molar refractivity (Wildman–Crippen MR) is 117 cm³/mol. The molecule has 10 heteroatoms. The molecule has 1 aromatic heterocycles. The average Bonchev–Trinajstić information content (AvgIpc) is 3.05. The van der Waals surface area contributed by atoms with Crippen LogP contribution in [0.15, 0.2) is 18.2 Å². The van der Waals surface area contributed by atoms with E-state index in [9.17, 15) is 24.8 Å². The summed E-state index contributed by atoms with van der Waals surface area (Å²) in [5, 5.41) is 44.3. The molecule has 9 nitrogen and oxygen atoms in total. The lowest BCUT2D eigenvalue weighted by Crippen LogP contribution is -2.60. The number of benzene rings is 1. The number of aliphatic hydroxyl groups is 4. The number of aromatic nitrogens is 2. The fraction of sp³-hybridized carbons (Fsp3) is 0.609. The lowest BCUT2D eigenvalue weighted by atomic mass is 9.99. The number of ether oxygens (including phenoxy) is 3. The van der Waals surface area contributed by atoms with Gasteiger partial charge in [0.15, 0.2) is 0 Å². The monoisotopic (exact) mass is 468 g/mol. The second-order valence-electron chi connectivity index (χ2n) is 8.82. The number of hydrogen-bond donors (Lipinski definition) is 4. The Hall–Kier alpha value is -2.24. The van der Waals surface area contributed by atoms with Crippen molar-refractivity contribution < 1.29 is 39.0 Å². The van der Waals surface area contributed by atoms with Crippen LogP contribution in [0.25, 0.3) is 0 Å². The van der Waals surface area contributed by atoms with E-state index in [2.05, 4.69) is 5.10 Å². The van der Waals surface area contributed by atoms with Gasteiger partial charge in [0, 0.05) is 29.8 Å². The van der Waals surface area contributed by atoms with Crippen molar-refractivity contribution in [1.82, 2.24) is 9.78 Å². The van der Waals surface area contributed by atoms with Crippen LogP contribution in [-0.4, -0.2) is 73.6 Å². The van der Waals surface area contributed by atoms with Gasteiger partial charge in [0.25, 0.3) is 0 Å². The summed E-state index contributed by atoms with van der Waals surface area (Å²) in [5.41, 5.74) is 1.72. The Morgan fingerprint density at radius 2 is 1.82 bits per heavy atom. The number of nitrogens with zero attached hydrogens (tertiary/aromatic N) is 2. The van der Waals surface area contributed by atoms with E-state index in [0.717, 1.165) is 5.69 Å². The van der Waals surface area contributed by atoms with E-state index < -0.39 is 43.1 Å². The minimum Gasteiger partial charge on any atom is -0.491 e. The van der Waals surface area contributed by atoms with Gasteiger partial charge in [0.1, 0.15) is 36.0 Å². The molecule has 184 valence electrons. The fourth-order valence-electron chi connectivity index (χ4n) is 3.81. The van der Waals surface area contributed by atoms with Crippen LogP contribution in [-0.2, 0) is 11.2 Å². The third-order valence-electron chi connectivity index (χ3n) is 5.57. The van der Waals surface area contributed by atoms with Crippen molar-refractivity contribution in [3.8, 4) is 11.6 Å². The van der Waals surface area contributed by atoms with E-state index in [0.29, 0.717) is 16.9 Å². The molecule has 0 radical (unpaired) electrons. The van der Waals surface area contributed by atoms with Crippen LogP contribution in [0.4, 0.5) is 4.39 Å². The van der Waals surface area contributed by atoms with Crippen molar-refractivity contribution in [3.63, 3.8) is 0 Å². The van der Waals surface area contributed by atoms with Gasteiger partial charge in [-0.2, -0.15) is 0 Å². The first kappa shape index (κ1) is 25.4. The Morgan fingerprint density at radius 3 is 2.39 bits per heavy atom. The zero-order valence-corrected chi connectivity index (χ0v) is 19.5. The maximum Gasteiger partial charge on any atom is 0.239 e. The number of hydrogen-bond acceptors (Lipinski definition) is 8. The van der Waals surface area contributed by atoms with Crippen molar-refractivity contribution in [1.29, 1.82) is 0 Å². The average molecular weight is 469 g/mol. The Bertz CT molecular complexity index is 947. The summed E-state index contributed by atoms with van der Waals surface area (Å²) in [4.78, 5) is 0. The molecule has 1 aliphatic rings. The minimum absolute atomic E-state index is 0.0254. The Balaban J connectivity index is 1.92. The third kappa shape index (κ3) is 5.47. The Kier molecular flexibility index (Phi) is 7.96. The summed E-state index contributed by atoms with van der Waals surface area (Å²) >= 11 is 0. The molecular formula is C23H33FN2O7. The van der Waals surface area contributed by atoms with Gasteiger partial charge in [-0.25, -0.2) is 4.39 Å². The molecule has 4 N–H and O–H groups in total. The lowest BCUT2D eigenvalue weighted by molar-refractivity contribution is -0.278. The summed E-state index contributed by atoms with van der Waals surface area (Å²) in [6, 6.07) is 4.63. The predicted octanol–water partition coefficient (Wildman–Crippen LogP) is 1.47. The first-order valence-electron chi connectivity index (χ1n) is 11.0. The highest BCUT2D eigenvalue weighted by atomic mass is 19.1. The van der Waals surface area contributed by atoms with Crippen LogP contribution in [0, 0.1) is 12.7 Å². The van der Waals surface area contributed by atoms with Crippen LogP contribution < -0.4 is 9.47 Å². The number of rotatable bonds is 8. The maximum atomic E-state index is 14.8. The van der Waals surface area contributed by atoms with E-state index in [1.54, 1.807) is 16.8 Å². The van der Waals surface area contributed by atoms with E-state index in [-0.39, 0.29) is 24.4 Å². The van der Waals surface area contributed by atoms with E-state index in [1.807, 2.05) is 34.6 Å². The second-order valence-corrected chi connectivity index (χ2v) is 8.82. The van der Waals surface area contributed by atoms with Gasteiger partial charge < -0.3 is 34.6 Å². The molecule has 3 rings (SSSR count). The van der Waals surface area contributed by atoms with Gasteiger partial charge in [-0.15, -0.1) is 5.10 Å². The van der Waals surface area contributed by atoms with Gasteiger partial charge in [-0.3, -0.25) is 4.68 Å². The van der Waals surface area contributed by atoms with E-state index in [1.165, 1.54) is 6.07 Å². The lowest BCUT2D eigenvalue weighted by Gasteiger charge is -2.39. The zero-order valence-electron chi connectivity index (χ0n) is 19.5. The van der Waals surface area contributed by atoms with Gasteiger partial charge in [-0.1, -0.05) is 6.07 Å². The van der Waals surface area contributed by atoms with Crippen molar-refractivity contribution in [2.45, 2.75) is 83.9 Å². The molecule has 0 bridgehead atoms. The molecule has 5 atom stereocenters. The molecule has 1 fully saturated rings. The van der Waals surface area contributed by atoms with Crippen molar-refractivity contribution in [2.24, 2.45) is 0 Å². The van der Waals surface area contributed by atoms with Crippen molar-refractivity contribution in [3.05, 3.63) is 40.8 Å². The van der Waals surface area contributed by atoms with Gasteiger partial charge in [0.2, 0.25) is 12.2 Å². The van der Waals surface area contributed by atoms with Crippen LogP contribution in [0.5, 0.6) is 11.6 Å². The number of halogens is 1. The van der Waals surface area contributed by atoms with Crippen molar-refractivity contribution in [2.75, 3.05) is 6.61 Å². The van der Waals surface area contributed by atoms with Gasteiger partial charge in [-0.05, 0) is 46.2 Å². The quantitative estimate of drug-likeness (QED) is 0.459. The fourth-order valence-corrected chi connectivity index (χ4v) is 3.81. The molecule has 1 aliphatic heterocycles. The summed E-state index contributed by atoms with van der Waals surface area (Å²) in [5.74, 6) is 0.0923.